The highest BCUT2D eigenvalue weighted by atomic mass is 32.1. The number of nitrogens with one attached hydrogen (secondary N) is 1. The van der Waals surface area contributed by atoms with Crippen molar-refractivity contribution >= 4 is 39.1 Å². The minimum atomic E-state index is -0.373. The molecule has 8 heteroatoms. The fourth-order valence-electron chi connectivity index (χ4n) is 5.00. The maximum absolute atomic E-state index is 13.9. The van der Waals surface area contributed by atoms with E-state index < -0.39 is 0 Å². The number of carbonyl (C=O) groups is 2. The molecule has 1 amide bonds. The third kappa shape index (κ3) is 5.34. The number of esters is 1. The number of pyridine rings is 1. The number of carbonyl (C=O) groups excluding carboxylic acids is 2. The summed E-state index contributed by atoms with van der Waals surface area (Å²) < 4.78 is 16.5. The van der Waals surface area contributed by atoms with Crippen molar-refractivity contribution in [3.63, 3.8) is 0 Å². The van der Waals surface area contributed by atoms with Gasteiger partial charge in [-0.25, -0.2) is 9.78 Å². The first-order valence-corrected chi connectivity index (χ1v) is 14.0. The summed E-state index contributed by atoms with van der Waals surface area (Å²) in [6.45, 7) is 4.52. The van der Waals surface area contributed by atoms with Crippen molar-refractivity contribution in [2.75, 3.05) is 26.1 Å². The number of para-hydroxylation sites is 1. The van der Waals surface area contributed by atoms with E-state index in [-0.39, 0.29) is 11.9 Å². The first-order chi connectivity index (χ1) is 18.9. The highest BCUT2D eigenvalue weighted by molar-refractivity contribution is 7.17. The number of hydrogen-bond donors (Lipinski definition) is 1. The van der Waals surface area contributed by atoms with Gasteiger partial charge in [0.25, 0.3) is 5.91 Å². The molecule has 0 radical (unpaired) electrons. The Morgan fingerprint density at radius 2 is 1.92 bits per heavy atom. The molecule has 0 fully saturated rings. The molecule has 0 bridgehead atoms. The lowest BCUT2D eigenvalue weighted by atomic mass is 9.88. The molecular formula is C31H32N2O5S. The minimum Gasteiger partial charge on any atom is -0.497 e. The number of benzene rings is 2. The largest absolute Gasteiger partial charge is 0.497 e. The van der Waals surface area contributed by atoms with E-state index in [1.54, 1.807) is 26.4 Å². The summed E-state index contributed by atoms with van der Waals surface area (Å²) in [4.78, 5) is 33.0. The molecule has 1 N–H and O–H groups in total. The Morgan fingerprint density at radius 1 is 1.10 bits per heavy atom. The van der Waals surface area contributed by atoms with E-state index in [1.807, 2.05) is 43.3 Å². The van der Waals surface area contributed by atoms with Crippen LogP contribution in [-0.2, 0) is 17.6 Å². The predicted octanol–water partition coefficient (Wildman–Crippen LogP) is 6.92. The van der Waals surface area contributed by atoms with Gasteiger partial charge in [0, 0.05) is 21.9 Å². The monoisotopic (exact) mass is 544 g/mol. The van der Waals surface area contributed by atoms with Crippen LogP contribution in [0.2, 0.25) is 0 Å². The summed E-state index contributed by atoms with van der Waals surface area (Å²) in [5.41, 5.74) is 3.99. The van der Waals surface area contributed by atoms with E-state index >= 15 is 0 Å². The Morgan fingerprint density at radius 3 is 2.69 bits per heavy atom. The standard InChI is InChI=1S/C31H32N2O5S/c1-5-14-38-31(35)28-22-12-10-18(2)15-27(22)39-30(28)33-29(34)23-17-25(32-24-9-7-6-8-20(23)24)21-13-11-19(36-3)16-26(21)37-4/h6-9,11,13,16-18H,5,10,12,14-15H2,1-4H3,(H,33,34). The van der Waals surface area contributed by atoms with E-state index in [2.05, 4.69) is 12.2 Å². The number of nitrogens with zero attached hydrogens (tertiary/aromatic N) is 1. The second-order valence-electron chi connectivity index (χ2n) is 9.78. The summed E-state index contributed by atoms with van der Waals surface area (Å²) >= 11 is 1.48. The van der Waals surface area contributed by atoms with Crippen LogP contribution in [0.3, 0.4) is 0 Å². The van der Waals surface area contributed by atoms with Gasteiger partial charge in [-0.2, -0.15) is 0 Å². The van der Waals surface area contributed by atoms with Crippen molar-refractivity contribution in [3.05, 3.63) is 70.1 Å². The van der Waals surface area contributed by atoms with Gasteiger partial charge in [-0.1, -0.05) is 32.0 Å². The Bertz CT molecular complexity index is 1540. The molecule has 2 aromatic heterocycles. The summed E-state index contributed by atoms with van der Waals surface area (Å²) in [7, 11) is 3.19. The fraction of sp³-hybridized carbons (Fsp3) is 0.323. The quantitative estimate of drug-likeness (QED) is 0.242. The molecule has 202 valence electrons. The third-order valence-corrected chi connectivity index (χ3v) is 8.20. The molecule has 7 nitrogen and oxygen atoms in total. The van der Waals surface area contributed by atoms with Crippen LogP contribution in [0.1, 0.15) is 57.8 Å². The molecule has 39 heavy (non-hydrogen) atoms. The zero-order chi connectivity index (χ0) is 27.5. The minimum absolute atomic E-state index is 0.307. The number of thiophene rings is 1. The molecule has 4 aromatic rings. The zero-order valence-electron chi connectivity index (χ0n) is 22.6. The van der Waals surface area contributed by atoms with Gasteiger partial charge in [0.1, 0.15) is 16.5 Å². The Balaban J connectivity index is 1.58. The number of methoxy groups -OCH3 is 2. The maximum Gasteiger partial charge on any atom is 0.341 e. The number of amides is 1. The van der Waals surface area contributed by atoms with Crippen LogP contribution in [-0.4, -0.2) is 37.7 Å². The van der Waals surface area contributed by atoms with Crippen LogP contribution in [0.25, 0.3) is 22.2 Å². The van der Waals surface area contributed by atoms with Gasteiger partial charge in [0.2, 0.25) is 0 Å². The molecule has 0 saturated heterocycles. The van der Waals surface area contributed by atoms with Crippen molar-refractivity contribution < 1.29 is 23.8 Å². The average molecular weight is 545 g/mol. The second kappa shape index (κ2) is 11.5. The smallest absolute Gasteiger partial charge is 0.341 e. The van der Waals surface area contributed by atoms with Crippen LogP contribution >= 0.6 is 11.3 Å². The number of anilines is 1. The Kier molecular flexibility index (Phi) is 7.84. The molecule has 0 aliphatic heterocycles. The summed E-state index contributed by atoms with van der Waals surface area (Å²) in [5, 5.41) is 4.34. The SMILES string of the molecule is CCCOC(=O)c1c(NC(=O)c2cc(-c3ccc(OC)cc3OC)nc3ccccc23)sc2c1CCC(C)C2. The molecule has 0 saturated carbocycles. The number of ether oxygens (including phenoxy) is 3. The van der Waals surface area contributed by atoms with Crippen molar-refractivity contribution in [1.29, 1.82) is 0 Å². The van der Waals surface area contributed by atoms with E-state index in [0.717, 1.165) is 47.1 Å². The second-order valence-corrected chi connectivity index (χ2v) is 10.9. The number of rotatable bonds is 8. The van der Waals surface area contributed by atoms with E-state index in [0.29, 0.717) is 51.4 Å². The lowest BCUT2D eigenvalue weighted by molar-refractivity contribution is 0.0505. The van der Waals surface area contributed by atoms with Crippen LogP contribution in [0, 0.1) is 5.92 Å². The molecule has 2 heterocycles. The van der Waals surface area contributed by atoms with Crippen molar-refractivity contribution in [2.45, 2.75) is 39.5 Å². The van der Waals surface area contributed by atoms with Gasteiger partial charge in [0.05, 0.1) is 43.2 Å². The lowest BCUT2D eigenvalue weighted by Crippen LogP contribution is -2.17. The van der Waals surface area contributed by atoms with Gasteiger partial charge in [-0.05, 0) is 61.4 Å². The maximum atomic E-state index is 13.9. The van der Waals surface area contributed by atoms with Crippen molar-refractivity contribution in [1.82, 2.24) is 4.98 Å². The van der Waals surface area contributed by atoms with Crippen LogP contribution in [0.15, 0.2) is 48.5 Å². The molecule has 0 spiro atoms. The van der Waals surface area contributed by atoms with Crippen molar-refractivity contribution in [3.8, 4) is 22.8 Å². The normalized spacial score (nSPS) is 14.5. The summed E-state index contributed by atoms with van der Waals surface area (Å²) in [6, 6.07) is 14.8. The first kappa shape index (κ1) is 26.7. The van der Waals surface area contributed by atoms with Crippen LogP contribution < -0.4 is 14.8 Å². The van der Waals surface area contributed by atoms with Gasteiger partial charge < -0.3 is 19.5 Å². The fourth-order valence-corrected chi connectivity index (χ4v) is 6.40. The van der Waals surface area contributed by atoms with Crippen LogP contribution in [0.4, 0.5) is 5.00 Å². The topological polar surface area (TPSA) is 86.8 Å². The molecule has 1 atom stereocenters. The highest BCUT2D eigenvalue weighted by Gasteiger charge is 2.30. The summed E-state index contributed by atoms with van der Waals surface area (Å²) in [5.74, 6) is 1.10. The average Bonchev–Trinajstić information content (AvgIpc) is 3.31. The van der Waals surface area contributed by atoms with E-state index in [1.165, 1.54) is 11.3 Å². The number of hydrogen-bond acceptors (Lipinski definition) is 7. The first-order valence-electron chi connectivity index (χ1n) is 13.2. The lowest BCUT2D eigenvalue weighted by Gasteiger charge is -2.18. The van der Waals surface area contributed by atoms with E-state index in [9.17, 15) is 9.59 Å². The predicted molar refractivity (Wildman–Crippen MR) is 154 cm³/mol. The highest BCUT2D eigenvalue weighted by Crippen LogP contribution is 2.41. The van der Waals surface area contributed by atoms with Gasteiger partial charge in [-0.3, -0.25) is 4.79 Å². The molecule has 1 aliphatic carbocycles. The molecule has 1 unspecified atom stereocenters. The molecule has 1 aliphatic rings. The third-order valence-electron chi connectivity index (χ3n) is 7.03. The van der Waals surface area contributed by atoms with Crippen LogP contribution in [0.5, 0.6) is 11.5 Å². The number of aromatic nitrogens is 1. The van der Waals surface area contributed by atoms with Gasteiger partial charge in [0.15, 0.2) is 0 Å². The Hall–Kier alpha value is -3.91. The number of fused-ring (bicyclic) bond motifs is 2. The van der Waals surface area contributed by atoms with Crippen molar-refractivity contribution in [2.24, 2.45) is 5.92 Å². The summed E-state index contributed by atoms with van der Waals surface area (Å²) in [6.07, 6.45) is 3.44. The zero-order valence-corrected chi connectivity index (χ0v) is 23.4. The molecule has 2 aromatic carbocycles. The molecular weight excluding hydrogens is 512 g/mol. The van der Waals surface area contributed by atoms with Gasteiger partial charge >= 0.3 is 5.97 Å². The van der Waals surface area contributed by atoms with E-state index in [4.69, 9.17) is 19.2 Å². The van der Waals surface area contributed by atoms with Gasteiger partial charge in [-0.15, -0.1) is 11.3 Å². The Labute approximate surface area is 232 Å². The molecule has 5 rings (SSSR count).